The number of carbonyl (C=O) groups excluding carboxylic acids is 1. The molecule has 0 unspecified atom stereocenters. The van der Waals surface area contributed by atoms with Gasteiger partial charge >= 0.3 is 0 Å². The maximum absolute atomic E-state index is 12.2. The maximum Gasteiger partial charge on any atom is 0.233 e. The van der Waals surface area contributed by atoms with E-state index in [0.29, 0.717) is 19.4 Å². The van der Waals surface area contributed by atoms with Crippen LogP contribution in [0, 0.1) is 5.41 Å². The third-order valence-electron chi connectivity index (χ3n) is 3.92. The molecule has 0 aliphatic heterocycles. The van der Waals surface area contributed by atoms with E-state index in [1.165, 1.54) is 12.1 Å². The lowest BCUT2D eigenvalue weighted by molar-refractivity contribution is -0.131. The Morgan fingerprint density at radius 2 is 1.90 bits per heavy atom. The van der Waals surface area contributed by atoms with Crippen molar-refractivity contribution in [3.8, 4) is 0 Å². The van der Waals surface area contributed by atoms with E-state index in [1.807, 2.05) is 0 Å². The van der Waals surface area contributed by atoms with E-state index >= 15 is 0 Å². The predicted molar refractivity (Wildman–Crippen MR) is 84.5 cm³/mol. The van der Waals surface area contributed by atoms with Crippen molar-refractivity contribution >= 4 is 33.0 Å². The summed E-state index contributed by atoms with van der Waals surface area (Å²) in [5.41, 5.74) is 5.81. The number of benzene rings is 1. The number of nitrogens with two attached hydrogens (primary N) is 1. The number of carbonyl (C=O) groups is 1. The molecule has 114 valence electrons. The molecule has 0 radical (unpaired) electrons. The largest absolute Gasteiger partial charge is 0.392 e. The lowest BCUT2D eigenvalue weighted by Gasteiger charge is -2.39. The van der Waals surface area contributed by atoms with Crippen LogP contribution in [0.25, 0.3) is 0 Å². The van der Waals surface area contributed by atoms with Gasteiger partial charge in [0.15, 0.2) is 9.84 Å². The molecule has 21 heavy (non-hydrogen) atoms. The normalized spacial score (nSPS) is 16.8. The van der Waals surface area contributed by atoms with Crippen molar-refractivity contribution < 1.29 is 13.2 Å². The third-order valence-corrected chi connectivity index (χ3v) is 5.44. The van der Waals surface area contributed by atoms with Gasteiger partial charge in [0.05, 0.1) is 15.3 Å². The fraction of sp³-hybridized carbons (Fsp3) is 0.429. The minimum absolute atomic E-state index is 0.145. The summed E-state index contributed by atoms with van der Waals surface area (Å²) in [5, 5.41) is 2.83. The van der Waals surface area contributed by atoms with Crippen molar-refractivity contribution in [2.24, 2.45) is 11.1 Å². The van der Waals surface area contributed by atoms with Gasteiger partial charge in [0.1, 0.15) is 0 Å². The molecule has 2 rings (SSSR count). The van der Waals surface area contributed by atoms with Crippen LogP contribution in [0.2, 0.25) is 0 Å². The average Bonchev–Trinajstić information content (AvgIpc) is 2.34. The highest BCUT2D eigenvalue weighted by atomic mass is 32.2. The van der Waals surface area contributed by atoms with Gasteiger partial charge in [-0.15, -0.1) is 0 Å². The van der Waals surface area contributed by atoms with Crippen LogP contribution in [0.15, 0.2) is 29.2 Å². The van der Waals surface area contributed by atoms with Crippen LogP contribution in [-0.4, -0.2) is 25.6 Å². The topological polar surface area (TPSA) is 89.3 Å². The number of rotatable bonds is 5. The SMILES string of the molecule is CS(=O)(=O)c1ccc(CNC(=O)C2(C(N)=S)CCC2)cc1. The Morgan fingerprint density at radius 3 is 2.29 bits per heavy atom. The van der Waals surface area contributed by atoms with E-state index in [1.54, 1.807) is 12.1 Å². The zero-order valence-electron chi connectivity index (χ0n) is 11.8. The number of nitrogens with one attached hydrogen (secondary N) is 1. The molecule has 0 bridgehead atoms. The fourth-order valence-corrected chi connectivity index (χ4v) is 3.25. The monoisotopic (exact) mass is 326 g/mol. The second-order valence-electron chi connectivity index (χ2n) is 5.40. The molecular weight excluding hydrogens is 308 g/mol. The van der Waals surface area contributed by atoms with Gasteiger partial charge < -0.3 is 11.1 Å². The van der Waals surface area contributed by atoms with Gasteiger partial charge in [-0.05, 0) is 30.5 Å². The zero-order valence-corrected chi connectivity index (χ0v) is 13.4. The lowest BCUT2D eigenvalue weighted by Crippen LogP contribution is -2.52. The van der Waals surface area contributed by atoms with E-state index in [4.69, 9.17) is 18.0 Å². The molecule has 1 aliphatic rings. The Kier molecular flexibility index (Phi) is 4.34. The molecular formula is C14H18N2O3S2. The van der Waals surface area contributed by atoms with E-state index < -0.39 is 15.3 Å². The molecule has 0 spiro atoms. The second-order valence-corrected chi connectivity index (χ2v) is 7.85. The summed E-state index contributed by atoms with van der Waals surface area (Å²) in [6.07, 6.45) is 3.50. The highest BCUT2D eigenvalue weighted by Crippen LogP contribution is 2.41. The first-order valence-corrected chi connectivity index (χ1v) is 8.93. The van der Waals surface area contributed by atoms with Crippen LogP contribution in [0.5, 0.6) is 0 Å². The minimum Gasteiger partial charge on any atom is -0.392 e. The molecule has 0 heterocycles. The van der Waals surface area contributed by atoms with Gasteiger partial charge in [0.2, 0.25) is 5.91 Å². The molecule has 1 fully saturated rings. The molecule has 7 heteroatoms. The molecule has 1 aromatic rings. The molecule has 1 aromatic carbocycles. The second kappa shape index (κ2) is 5.73. The minimum atomic E-state index is -3.20. The van der Waals surface area contributed by atoms with Crippen molar-refractivity contribution in [1.29, 1.82) is 0 Å². The summed E-state index contributed by atoms with van der Waals surface area (Å²) in [6.45, 7) is 0.327. The number of amides is 1. The van der Waals surface area contributed by atoms with Crippen molar-refractivity contribution in [3.05, 3.63) is 29.8 Å². The number of hydrogen-bond acceptors (Lipinski definition) is 4. The van der Waals surface area contributed by atoms with E-state index in [0.717, 1.165) is 18.2 Å². The fourth-order valence-electron chi connectivity index (χ4n) is 2.32. The highest BCUT2D eigenvalue weighted by molar-refractivity contribution is 7.90. The summed E-state index contributed by atoms with van der Waals surface area (Å²) in [5.74, 6) is -0.145. The summed E-state index contributed by atoms with van der Waals surface area (Å²) in [6, 6.07) is 6.43. The van der Waals surface area contributed by atoms with Crippen LogP contribution in [0.1, 0.15) is 24.8 Å². The highest BCUT2D eigenvalue weighted by Gasteiger charge is 2.46. The molecule has 0 saturated heterocycles. The third kappa shape index (κ3) is 3.24. The van der Waals surface area contributed by atoms with Crippen LogP contribution in [-0.2, 0) is 21.2 Å². The summed E-state index contributed by atoms with van der Waals surface area (Å²) in [7, 11) is -3.20. The molecule has 1 aliphatic carbocycles. The molecule has 0 atom stereocenters. The van der Waals surface area contributed by atoms with Gasteiger partial charge in [-0.3, -0.25) is 4.79 Å². The number of sulfone groups is 1. The molecule has 1 saturated carbocycles. The summed E-state index contributed by atoms with van der Waals surface area (Å²) >= 11 is 5.00. The van der Waals surface area contributed by atoms with Crippen molar-refractivity contribution in [2.75, 3.05) is 6.26 Å². The van der Waals surface area contributed by atoms with E-state index in [2.05, 4.69) is 5.32 Å². The predicted octanol–water partition coefficient (Wildman–Crippen LogP) is 1.16. The van der Waals surface area contributed by atoms with Crippen LogP contribution in [0.3, 0.4) is 0 Å². The van der Waals surface area contributed by atoms with Gasteiger partial charge in [-0.1, -0.05) is 30.8 Å². The van der Waals surface area contributed by atoms with Gasteiger partial charge in [0.25, 0.3) is 0 Å². The molecule has 3 N–H and O–H groups in total. The van der Waals surface area contributed by atoms with Gasteiger partial charge in [-0.2, -0.15) is 0 Å². The zero-order chi connectivity index (χ0) is 15.7. The van der Waals surface area contributed by atoms with Crippen molar-refractivity contribution in [3.63, 3.8) is 0 Å². The van der Waals surface area contributed by atoms with Crippen LogP contribution in [0.4, 0.5) is 0 Å². The van der Waals surface area contributed by atoms with Crippen LogP contribution >= 0.6 is 12.2 Å². The number of thiocarbonyl (C=S) groups is 1. The average molecular weight is 326 g/mol. The quantitative estimate of drug-likeness (QED) is 0.793. The Balaban J connectivity index is 2.00. The molecule has 1 amide bonds. The Labute approximate surface area is 129 Å². The molecule has 5 nitrogen and oxygen atoms in total. The first-order valence-electron chi connectivity index (χ1n) is 6.63. The van der Waals surface area contributed by atoms with Crippen LogP contribution < -0.4 is 11.1 Å². The van der Waals surface area contributed by atoms with Crippen molar-refractivity contribution in [1.82, 2.24) is 5.32 Å². The first kappa shape index (κ1) is 15.9. The first-order chi connectivity index (χ1) is 9.75. The molecule has 0 aromatic heterocycles. The maximum atomic E-state index is 12.2. The smallest absolute Gasteiger partial charge is 0.233 e. The number of hydrogen-bond donors (Lipinski definition) is 2. The van der Waals surface area contributed by atoms with E-state index in [-0.39, 0.29) is 15.8 Å². The Morgan fingerprint density at radius 1 is 1.33 bits per heavy atom. The Hall–Kier alpha value is -1.47. The summed E-state index contributed by atoms with van der Waals surface area (Å²) in [4.78, 5) is 12.7. The van der Waals surface area contributed by atoms with Gasteiger partial charge in [-0.25, -0.2) is 8.42 Å². The van der Waals surface area contributed by atoms with Crippen molar-refractivity contribution in [2.45, 2.75) is 30.7 Å². The summed E-state index contributed by atoms with van der Waals surface area (Å²) < 4.78 is 22.7. The van der Waals surface area contributed by atoms with Gasteiger partial charge in [0, 0.05) is 12.8 Å². The lowest BCUT2D eigenvalue weighted by atomic mass is 9.68. The van der Waals surface area contributed by atoms with E-state index in [9.17, 15) is 13.2 Å². The standard InChI is InChI=1S/C14H18N2O3S2/c1-21(18,19)11-5-3-10(4-6-11)9-16-13(17)14(12(15)20)7-2-8-14/h3-6H,2,7-9H2,1H3,(H2,15,20)(H,16,17). The Bertz CT molecular complexity index is 662.